The van der Waals surface area contributed by atoms with Gasteiger partial charge in [-0.1, -0.05) is 24.3 Å². The maximum Gasteiger partial charge on any atom is 0.248 e. The van der Waals surface area contributed by atoms with Gasteiger partial charge in [0.25, 0.3) is 0 Å². The molecule has 0 aliphatic carbocycles. The van der Waals surface area contributed by atoms with Gasteiger partial charge in [0.05, 0.1) is 18.2 Å². The van der Waals surface area contributed by atoms with Crippen molar-refractivity contribution in [2.24, 2.45) is 11.7 Å². The standard InChI is InChI=1S/C24H34N4O3S/c1-2-31-16-23(29)28-13-5-7-20(15-28)24(30)26-14-22-27-21(17-32-22)19-10-8-18(9-11-19)6-3-4-12-25/h8-11,17,20H,2-7,12-16,25H2,1H3,(H,26,30)/t20-/m0/s1. The maximum absolute atomic E-state index is 12.7. The first-order valence-electron chi connectivity index (χ1n) is 11.5. The van der Waals surface area contributed by atoms with Crippen LogP contribution in [-0.2, 0) is 27.3 Å². The van der Waals surface area contributed by atoms with E-state index in [0.29, 0.717) is 26.2 Å². The second-order valence-corrected chi connectivity index (χ2v) is 9.05. The van der Waals surface area contributed by atoms with Crippen molar-refractivity contribution in [3.63, 3.8) is 0 Å². The Morgan fingerprint density at radius 1 is 1.28 bits per heavy atom. The molecule has 1 aromatic heterocycles. The molecule has 2 heterocycles. The van der Waals surface area contributed by atoms with Crippen LogP contribution in [0.15, 0.2) is 29.6 Å². The molecule has 2 amide bonds. The van der Waals surface area contributed by atoms with Crippen LogP contribution in [0.4, 0.5) is 0 Å². The van der Waals surface area contributed by atoms with Crippen LogP contribution in [0.1, 0.15) is 43.2 Å². The lowest BCUT2D eigenvalue weighted by Gasteiger charge is -2.32. The highest BCUT2D eigenvalue weighted by Crippen LogP contribution is 2.23. The van der Waals surface area contributed by atoms with Crippen LogP contribution >= 0.6 is 11.3 Å². The predicted octanol–water partition coefficient (Wildman–Crippen LogP) is 2.98. The molecule has 1 aliphatic heterocycles. The summed E-state index contributed by atoms with van der Waals surface area (Å²) in [6, 6.07) is 8.50. The van der Waals surface area contributed by atoms with Crippen LogP contribution in [0.2, 0.25) is 0 Å². The molecule has 174 valence electrons. The van der Waals surface area contributed by atoms with E-state index < -0.39 is 0 Å². The van der Waals surface area contributed by atoms with Crippen molar-refractivity contribution in [2.75, 3.05) is 32.8 Å². The van der Waals surface area contributed by atoms with E-state index in [1.807, 2.05) is 12.3 Å². The molecule has 3 N–H and O–H groups in total. The first-order valence-corrected chi connectivity index (χ1v) is 12.4. The van der Waals surface area contributed by atoms with Crippen LogP contribution in [0, 0.1) is 5.92 Å². The summed E-state index contributed by atoms with van der Waals surface area (Å²) in [5, 5.41) is 5.91. The first kappa shape index (κ1) is 24.4. The molecule has 1 aromatic carbocycles. The number of benzene rings is 1. The van der Waals surface area contributed by atoms with Gasteiger partial charge in [0.15, 0.2) is 0 Å². The average molecular weight is 459 g/mol. The van der Waals surface area contributed by atoms with E-state index in [9.17, 15) is 9.59 Å². The Bertz CT molecular complexity index is 868. The zero-order valence-electron chi connectivity index (χ0n) is 18.8. The second-order valence-electron chi connectivity index (χ2n) is 8.10. The number of nitrogens with one attached hydrogen (secondary N) is 1. The number of nitrogens with zero attached hydrogens (tertiary/aromatic N) is 2. The molecule has 8 heteroatoms. The molecule has 7 nitrogen and oxygen atoms in total. The molecular weight excluding hydrogens is 424 g/mol. The Morgan fingerprint density at radius 3 is 2.84 bits per heavy atom. The largest absolute Gasteiger partial charge is 0.372 e. The molecule has 0 radical (unpaired) electrons. The zero-order chi connectivity index (χ0) is 22.8. The molecule has 1 aliphatic rings. The maximum atomic E-state index is 12.7. The number of aromatic nitrogens is 1. The van der Waals surface area contributed by atoms with Gasteiger partial charge in [-0.25, -0.2) is 4.98 Å². The van der Waals surface area contributed by atoms with Gasteiger partial charge in [-0.3, -0.25) is 9.59 Å². The number of unbranched alkanes of at least 4 members (excludes halogenated alkanes) is 1. The summed E-state index contributed by atoms with van der Waals surface area (Å²) in [5.41, 5.74) is 8.88. The summed E-state index contributed by atoms with van der Waals surface area (Å²) in [4.78, 5) is 31.3. The fourth-order valence-corrected chi connectivity index (χ4v) is 4.59. The van der Waals surface area contributed by atoms with Crippen molar-refractivity contribution >= 4 is 23.2 Å². The number of thiazole rings is 1. The Morgan fingerprint density at radius 2 is 2.09 bits per heavy atom. The molecule has 0 unspecified atom stereocenters. The van der Waals surface area contributed by atoms with Gasteiger partial charge >= 0.3 is 0 Å². The molecule has 1 fully saturated rings. The normalized spacial score (nSPS) is 16.2. The molecule has 0 spiro atoms. The third-order valence-electron chi connectivity index (χ3n) is 5.71. The molecule has 32 heavy (non-hydrogen) atoms. The third kappa shape index (κ3) is 7.12. The van der Waals surface area contributed by atoms with E-state index in [1.54, 1.807) is 16.2 Å². The number of carbonyl (C=O) groups excluding carboxylic acids is 2. The lowest BCUT2D eigenvalue weighted by atomic mass is 9.97. The van der Waals surface area contributed by atoms with Crippen LogP contribution < -0.4 is 11.1 Å². The van der Waals surface area contributed by atoms with Gasteiger partial charge in [0.2, 0.25) is 11.8 Å². The molecular formula is C24H34N4O3S. The smallest absolute Gasteiger partial charge is 0.248 e. The van der Waals surface area contributed by atoms with Crippen molar-refractivity contribution in [3.8, 4) is 11.3 Å². The number of likely N-dealkylation sites (tertiary alicyclic amines) is 1. The minimum absolute atomic E-state index is 0.0162. The third-order valence-corrected chi connectivity index (χ3v) is 6.56. The number of rotatable bonds is 11. The van der Waals surface area contributed by atoms with Crippen molar-refractivity contribution in [1.29, 1.82) is 0 Å². The highest BCUT2D eigenvalue weighted by Gasteiger charge is 2.28. The lowest BCUT2D eigenvalue weighted by molar-refractivity contribution is -0.139. The predicted molar refractivity (Wildman–Crippen MR) is 127 cm³/mol. The van der Waals surface area contributed by atoms with E-state index in [4.69, 9.17) is 10.5 Å². The van der Waals surface area contributed by atoms with Crippen molar-refractivity contribution in [2.45, 2.75) is 45.6 Å². The number of carbonyl (C=O) groups is 2. The molecule has 0 saturated carbocycles. The van der Waals surface area contributed by atoms with E-state index in [-0.39, 0.29) is 24.3 Å². The summed E-state index contributed by atoms with van der Waals surface area (Å²) in [7, 11) is 0. The van der Waals surface area contributed by atoms with Gasteiger partial charge in [-0.05, 0) is 51.1 Å². The molecule has 3 rings (SSSR count). The van der Waals surface area contributed by atoms with Crippen molar-refractivity contribution < 1.29 is 14.3 Å². The molecule has 1 atom stereocenters. The van der Waals surface area contributed by atoms with Gasteiger partial charge in [-0.2, -0.15) is 0 Å². The van der Waals surface area contributed by atoms with Crippen molar-refractivity contribution in [3.05, 3.63) is 40.2 Å². The van der Waals surface area contributed by atoms with E-state index in [2.05, 4.69) is 34.6 Å². The van der Waals surface area contributed by atoms with Gasteiger partial charge in [0, 0.05) is 30.6 Å². The van der Waals surface area contributed by atoms with E-state index in [1.165, 1.54) is 5.56 Å². The lowest BCUT2D eigenvalue weighted by Crippen LogP contribution is -2.46. The van der Waals surface area contributed by atoms with Crippen LogP contribution in [0.25, 0.3) is 11.3 Å². The van der Waals surface area contributed by atoms with Crippen LogP contribution in [0.3, 0.4) is 0 Å². The van der Waals surface area contributed by atoms with Gasteiger partial charge in [-0.15, -0.1) is 11.3 Å². The van der Waals surface area contributed by atoms with Crippen molar-refractivity contribution in [1.82, 2.24) is 15.2 Å². The fourth-order valence-electron chi connectivity index (χ4n) is 3.85. The zero-order valence-corrected chi connectivity index (χ0v) is 19.7. The number of aryl methyl sites for hydroxylation is 1. The Labute approximate surface area is 194 Å². The number of hydrogen-bond acceptors (Lipinski definition) is 6. The van der Waals surface area contributed by atoms with Crippen LogP contribution in [-0.4, -0.2) is 54.5 Å². The molecule has 0 bridgehead atoms. The topological polar surface area (TPSA) is 97.5 Å². The summed E-state index contributed by atoms with van der Waals surface area (Å²) in [6.07, 6.45) is 4.83. The average Bonchev–Trinajstić information content (AvgIpc) is 3.31. The number of nitrogens with two attached hydrogens (primary N) is 1. The first-order chi connectivity index (χ1) is 15.6. The number of hydrogen-bond donors (Lipinski definition) is 2. The monoisotopic (exact) mass is 458 g/mol. The van der Waals surface area contributed by atoms with E-state index >= 15 is 0 Å². The Balaban J connectivity index is 1.48. The van der Waals surface area contributed by atoms with Gasteiger partial charge in [0.1, 0.15) is 11.6 Å². The number of amides is 2. The van der Waals surface area contributed by atoms with Crippen LogP contribution in [0.5, 0.6) is 0 Å². The highest BCUT2D eigenvalue weighted by molar-refractivity contribution is 7.09. The number of piperidine rings is 1. The quantitative estimate of drug-likeness (QED) is 0.505. The number of ether oxygens (including phenoxy) is 1. The fraction of sp³-hybridized carbons (Fsp3) is 0.542. The molecule has 2 aromatic rings. The summed E-state index contributed by atoms with van der Waals surface area (Å²) >= 11 is 1.55. The summed E-state index contributed by atoms with van der Waals surface area (Å²) in [5.74, 6) is -0.239. The minimum Gasteiger partial charge on any atom is -0.372 e. The SMILES string of the molecule is CCOCC(=O)N1CCC[C@H](C(=O)NCc2nc(-c3ccc(CCCCN)cc3)cs2)C1. The molecule has 1 saturated heterocycles. The van der Waals surface area contributed by atoms with E-state index in [0.717, 1.165) is 54.9 Å². The highest BCUT2D eigenvalue weighted by atomic mass is 32.1. The minimum atomic E-state index is -0.180. The summed E-state index contributed by atoms with van der Waals surface area (Å²) < 4.78 is 5.21. The Hall–Kier alpha value is -2.29. The second kappa shape index (κ2) is 12.7. The van der Waals surface area contributed by atoms with Gasteiger partial charge < -0.3 is 20.7 Å². The Kier molecular flexibility index (Phi) is 9.64. The summed E-state index contributed by atoms with van der Waals surface area (Å²) in [6.45, 7) is 4.75.